The predicted octanol–water partition coefficient (Wildman–Crippen LogP) is 4.21. The van der Waals surface area contributed by atoms with E-state index in [2.05, 4.69) is 0 Å². The zero-order valence-electron chi connectivity index (χ0n) is 12.0. The molecular formula is C15H25NO3. The van der Waals surface area contributed by atoms with Crippen molar-refractivity contribution in [3.05, 3.63) is 0 Å². The Morgan fingerprint density at radius 1 is 0.789 bits per heavy atom. The average molecular weight is 267 g/mol. The third-order valence-electron chi connectivity index (χ3n) is 4.05. The Labute approximate surface area is 115 Å². The number of nitriles is 1. The third-order valence-corrected chi connectivity index (χ3v) is 4.05. The molecule has 0 aromatic carbocycles. The minimum Gasteiger partial charge on any atom is -0.301 e. The number of hydrogen-bond donors (Lipinski definition) is 0. The molecule has 0 N–H and O–H groups in total. The first-order valence-corrected chi connectivity index (χ1v) is 7.66. The molecule has 1 saturated heterocycles. The molecule has 1 saturated carbocycles. The monoisotopic (exact) mass is 267 g/mol. The van der Waals surface area contributed by atoms with E-state index < -0.39 is 11.6 Å². The van der Waals surface area contributed by atoms with E-state index in [0.29, 0.717) is 0 Å². The standard InChI is InChI=1S/C15H25NO3/c1-14(13-16)17-15(19-18-14)11-9-7-5-3-2-4-6-8-10-12-15/h2-12H2,1H3. The van der Waals surface area contributed by atoms with Crippen LogP contribution in [0.1, 0.15) is 77.6 Å². The Balaban J connectivity index is 1.94. The molecule has 1 heterocycles. The zero-order valence-corrected chi connectivity index (χ0v) is 12.0. The van der Waals surface area contributed by atoms with Crippen LogP contribution in [0.15, 0.2) is 0 Å². The van der Waals surface area contributed by atoms with Gasteiger partial charge in [0.15, 0.2) is 0 Å². The first kappa shape index (κ1) is 14.8. The summed E-state index contributed by atoms with van der Waals surface area (Å²) < 4.78 is 5.82. The lowest BCUT2D eigenvalue weighted by Crippen LogP contribution is -2.34. The smallest absolute Gasteiger partial charge is 0.289 e. The fourth-order valence-electron chi connectivity index (χ4n) is 2.92. The van der Waals surface area contributed by atoms with Gasteiger partial charge in [0, 0.05) is 19.8 Å². The molecular weight excluding hydrogens is 242 g/mol. The highest BCUT2D eigenvalue weighted by atomic mass is 17.3. The summed E-state index contributed by atoms with van der Waals surface area (Å²) in [5.41, 5.74) is 0. The molecule has 0 aromatic rings. The molecule has 4 heteroatoms. The van der Waals surface area contributed by atoms with Gasteiger partial charge >= 0.3 is 0 Å². The Morgan fingerprint density at radius 2 is 1.26 bits per heavy atom. The first-order chi connectivity index (χ1) is 9.18. The van der Waals surface area contributed by atoms with Gasteiger partial charge in [-0.1, -0.05) is 44.9 Å². The Hall–Kier alpha value is -0.630. The van der Waals surface area contributed by atoms with E-state index in [1.54, 1.807) is 6.92 Å². The van der Waals surface area contributed by atoms with Crippen molar-refractivity contribution in [3.63, 3.8) is 0 Å². The molecule has 0 radical (unpaired) electrons. The molecule has 2 rings (SSSR count). The van der Waals surface area contributed by atoms with Gasteiger partial charge < -0.3 is 4.74 Å². The number of rotatable bonds is 0. The molecule has 2 fully saturated rings. The molecule has 1 aliphatic carbocycles. The first-order valence-electron chi connectivity index (χ1n) is 7.66. The van der Waals surface area contributed by atoms with E-state index >= 15 is 0 Å². The van der Waals surface area contributed by atoms with Crippen LogP contribution in [0.2, 0.25) is 0 Å². The van der Waals surface area contributed by atoms with Crippen molar-refractivity contribution in [1.29, 1.82) is 5.26 Å². The number of ether oxygens (including phenoxy) is 1. The van der Waals surface area contributed by atoms with Crippen LogP contribution in [-0.2, 0) is 14.5 Å². The highest BCUT2D eigenvalue weighted by Crippen LogP contribution is 2.40. The van der Waals surface area contributed by atoms with Gasteiger partial charge in [0.05, 0.1) is 0 Å². The Bertz CT molecular complexity index is 314. The molecule has 1 spiro atoms. The van der Waals surface area contributed by atoms with Crippen LogP contribution >= 0.6 is 0 Å². The third kappa shape index (κ3) is 4.17. The van der Waals surface area contributed by atoms with Gasteiger partial charge in [-0.25, -0.2) is 0 Å². The van der Waals surface area contributed by atoms with E-state index in [1.807, 2.05) is 6.07 Å². The second-order valence-corrected chi connectivity index (χ2v) is 5.92. The summed E-state index contributed by atoms with van der Waals surface area (Å²) in [6.45, 7) is 1.62. The van der Waals surface area contributed by atoms with E-state index in [0.717, 1.165) is 25.7 Å². The predicted molar refractivity (Wildman–Crippen MR) is 70.8 cm³/mol. The zero-order chi connectivity index (χ0) is 13.6. The second-order valence-electron chi connectivity index (χ2n) is 5.92. The summed E-state index contributed by atoms with van der Waals surface area (Å²) in [6.07, 6.45) is 12.8. The van der Waals surface area contributed by atoms with E-state index in [-0.39, 0.29) is 0 Å². The van der Waals surface area contributed by atoms with Gasteiger partial charge in [0.2, 0.25) is 5.79 Å². The van der Waals surface area contributed by atoms with Crippen LogP contribution in [0.25, 0.3) is 0 Å². The van der Waals surface area contributed by atoms with Gasteiger partial charge in [-0.2, -0.15) is 15.0 Å². The maximum absolute atomic E-state index is 9.07. The normalized spacial score (nSPS) is 33.3. The van der Waals surface area contributed by atoms with Crippen LogP contribution < -0.4 is 0 Å². The van der Waals surface area contributed by atoms with Gasteiger partial charge in [-0.15, -0.1) is 0 Å². The summed E-state index contributed by atoms with van der Waals surface area (Å²) in [4.78, 5) is 10.6. The molecule has 0 bridgehead atoms. The van der Waals surface area contributed by atoms with E-state index in [9.17, 15) is 0 Å². The summed E-state index contributed by atoms with van der Waals surface area (Å²) >= 11 is 0. The van der Waals surface area contributed by atoms with Crippen LogP contribution in [0.3, 0.4) is 0 Å². The van der Waals surface area contributed by atoms with E-state index in [4.69, 9.17) is 19.8 Å². The molecule has 19 heavy (non-hydrogen) atoms. The lowest BCUT2D eigenvalue weighted by atomic mass is 9.97. The van der Waals surface area contributed by atoms with Crippen LogP contribution in [-0.4, -0.2) is 11.6 Å². The van der Waals surface area contributed by atoms with Gasteiger partial charge in [-0.05, 0) is 12.8 Å². The Kier molecular flexibility index (Phi) is 5.20. The molecule has 108 valence electrons. The maximum Gasteiger partial charge on any atom is 0.289 e. The SMILES string of the molecule is CC1(C#N)OOC2(CCCCCCCCCCC2)O1. The van der Waals surface area contributed by atoms with Crippen LogP contribution in [0.5, 0.6) is 0 Å². The summed E-state index contributed by atoms with van der Waals surface area (Å²) in [7, 11) is 0. The largest absolute Gasteiger partial charge is 0.301 e. The van der Waals surface area contributed by atoms with Crippen molar-refractivity contribution < 1.29 is 14.5 Å². The molecule has 0 amide bonds. The van der Waals surface area contributed by atoms with Crippen molar-refractivity contribution in [2.75, 3.05) is 0 Å². The van der Waals surface area contributed by atoms with Crippen molar-refractivity contribution in [1.82, 2.24) is 0 Å². The van der Waals surface area contributed by atoms with Gasteiger partial charge in [-0.3, -0.25) is 0 Å². The fourth-order valence-corrected chi connectivity index (χ4v) is 2.92. The van der Waals surface area contributed by atoms with Gasteiger partial charge in [0.25, 0.3) is 5.79 Å². The molecule has 1 aliphatic heterocycles. The van der Waals surface area contributed by atoms with E-state index in [1.165, 1.54) is 44.9 Å². The van der Waals surface area contributed by atoms with Crippen LogP contribution in [0.4, 0.5) is 0 Å². The van der Waals surface area contributed by atoms with Crippen molar-refractivity contribution in [2.45, 2.75) is 89.1 Å². The molecule has 4 nitrogen and oxygen atoms in total. The number of hydrogen-bond acceptors (Lipinski definition) is 4. The second kappa shape index (κ2) is 6.69. The minimum absolute atomic E-state index is 0.691. The summed E-state index contributed by atoms with van der Waals surface area (Å²) in [5.74, 6) is -1.93. The molecule has 2 aliphatic rings. The highest BCUT2D eigenvalue weighted by Gasteiger charge is 2.50. The highest BCUT2D eigenvalue weighted by molar-refractivity contribution is 4.94. The van der Waals surface area contributed by atoms with Gasteiger partial charge in [0.1, 0.15) is 6.07 Å². The topological polar surface area (TPSA) is 51.5 Å². The lowest BCUT2D eigenvalue weighted by Gasteiger charge is -2.26. The quantitative estimate of drug-likeness (QED) is 0.617. The van der Waals surface area contributed by atoms with Crippen molar-refractivity contribution in [3.8, 4) is 6.07 Å². The van der Waals surface area contributed by atoms with Crippen molar-refractivity contribution >= 4 is 0 Å². The average Bonchev–Trinajstić information content (AvgIpc) is 2.73. The summed E-state index contributed by atoms with van der Waals surface area (Å²) in [6, 6.07) is 2.03. The molecule has 1 atom stereocenters. The summed E-state index contributed by atoms with van der Waals surface area (Å²) in [5, 5.41) is 9.07. The molecule has 0 aromatic heterocycles. The minimum atomic E-state index is -1.24. The number of nitrogens with zero attached hydrogens (tertiary/aromatic N) is 1. The maximum atomic E-state index is 9.07. The lowest BCUT2D eigenvalue weighted by molar-refractivity contribution is -0.341. The van der Waals surface area contributed by atoms with Crippen molar-refractivity contribution in [2.24, 2.45) is 0 Å². The van der Waals surface area contributed by atoms with Crippen LogP contribution in [0, 0.1) is 11.3 Å². The molecule has 1 unspecified atom stereocenters. The Morgan fingerprint density at radius 3 is 1.68 bits per heavy atom. The fraction of sp³-hybridized carbons (Fsp3) is 0.933.